The number of amides is 2. The molecule has 0 spiro atoms. The molecule has 1 heterocycles. The second-order valence-electron chi connectivity index (χ2n) is 8.15. The van der Waals surface area contributed by atoms with Gasteiger partial charge in [0.2, 0.25) is 0 Å². The van der Waals surface area contributed by atoms with Crippen molar-refractivity contribution in [3.8, 4) is 0 Å². The molecule has 2 N–H and O–H groups in total. The molecule has 1 aromatic rings. The number of alkyl halides is 6. The van der Waals surface area contributed by atoms with Gasteiger partial charge < -0.3 is 15.3 Å². The third kappa shape index (κ3) is 5.19. The van der Waals surface area contributed by atoms with Crippen LogP contribution in [-0.4, -0.2) is 34.7 Å². The van der Waals surface area contributed by atoms with Crippen LogP contribution in [0.1, 0.15) is 56.1 Å². The van der Waals surface area contributed by atoms with Crippen LogP contribution in [0.2, 0.25) is 0 Å². The van der Waals surface area contributed by atoms with Crippen molar-refractivity contribution in [2.75, 3.05) is 18.4 Å². The summed E-state index contributed by atoms with van der Waals surface area (Å²) < 4.78 is 77.8. The van der Waals surface area contributed by atoms with E-state index in [-0.39, 0.29) is 25.1 Å². The number of carbonyl (C=O) groups is 1. The van der Waals surface area contributed by atoms with Crippen LogP contribution >= 0.6 is 0 Å². The fourth-order valence-electron chi connectivity index (χ4n) is 4.37. The molecule has 3 rings (SSSR count). The Morgan fingerprint density at radius 2 is 1.43 bits per heavy atom. The summed E-state index contributed by atoms with van der Waals surface area (Å²) in [5, 5.41) is 13.1. The van der Waals surface area contributed by atoms with Crippen molar-refractivity contribution in [3.63, 3.8) is 0 Å². The third-order valence-corrected chi connectivity index (χ3v) is 6.12. The Hall–Kier alpha value is -1.97. The minimum atomic E-state index is -4.98. The number of nitrogens with zero attached hydrogens (tertiary/aromatic N) is 1. The van der Waals surface area contributed by atoms with Crippen LogP contribution in [0.5, 0.6) is 0 Å². The number of hydrogen-bond acceptors (Lipinski definition) is 2. The highest BCUT2D eigenvalue weighted by Crippen LogP contribution is 2.40. The van der Waals surface area contributed by atoms with Crippen LogP contribution in [0.4, 0.5) is 36.8 Å². The standard InChI is InChI=1S/C20H24F6N2O2/c21-19(22,23)14-10-15(20(24,25)26)12-16(11-14)27-17(29)28-8-6-18(30,7-9-28)13-4-2-1-3-5-13/h10-13,30H,1-9H2,(H,27,29). The summed E-state index contributed by atoms with van der Waals surface area (Å²) in [6.45, 7) is 0.369. The molecular weight excluding hydrogens is 414 g/mol. The van der Waals surface area contributed by atoms with Crippen molar-refractivity contribution in [1.82, 2.24) is 4.90 Å². The van der Waals surface area contributed by atoms with Crippen molar-refractivity contribution < 1.29 is 36.2 Å². The molecule has 1 saturated carbocycles. The molecule has 2 fully saturated rings. The number of piperidine rings is 1. The Morgan fingerprint density at radius 1 is 0.933 bits per heavy atom. The molecule has 2 aliphatic rings. The van der Waals surface area contributed by atoms with Crippen molar-refractivity contribution in [1.29, 1.82) is 0 Å². The molecule has 1 aromatic carbocycles. The number of rotatable bonds is 2. The lowest BCUT2D eigenvalue weighted by molar-refractivity contribution is -0.143. The Morgan fingerprint density at radius 3 is 1.90 bits per heavy atom. The number of nitrogens with one attached hydrogen (secondary N) is 1. The van der Waals surface area contributed by atoms with Gasteiger partial charge in [-0.15, -0.1) is 0 Å². The average molecular weight is 438 g/mol. The van der Waals surface area contributed by atoms with E-state index in [4.69, 9.17) is 0 Å². The predicted octanol–water partition coefficient (Wildman–Crippen LogP) is 5.66. The first-order chi connectivity index (χ1) is 13.9. The van der Waals surface area contributed by atoms with Crippen LogP contribution in [-0.2, 0) is 12.4 Å². The number of anilines is 1. The van der Waals surface area contributed by atoms with Gasteiger partial charge in [-0.3, -0.25) is 0 Å². The summed E-state index contributed by atoms with van der Waals surface area (Å²) >= 11 is 0. The summed E-state index contributed by atoms with van der Waals surface area (Å²) in [5.74, 6) is 0.161. The Bertz CT molecular complexity index is 731. The van der Waals surface area contributed by atoms with E-state index in [1.54, 1.807) is 0 Å². The fourth-order valence-corrected chi connectivity index (χ4v) is 4.37. The first-order valence-electron chi connectivity index (χ1n) is 9.96. The molecule has 10 heteroatoms. The lowest BCUT2D eigenvalue weighted by Crippen LogP contribution is -2.51. The molecule has 1 aliphatic heterocycles. The minimum absolute atomic E-state index is 0.0147. The number of carbonyl (C=O) groups excluding carboxylic acids is 1. The first kappa shape index (κ1) is 22.7. The lowest BCUT2D eigenvalue weighted by Gasteiger charge is -2.44. The molecule has 0 aromatic heterocycles. The minimum Gasteiger partial charge on any atom is -0.389 e. The van der Waals surface area contributed by atoms with E-state index < -0.39 is 40.8 Å². The number of benzene rings is 1. The Labute approximate surface area is 170 Å². The van der Waals surface area contributed by atoms with Gasteiger partial charge in [-0.25, -0.2) is 4.79 Å². The lowest BCUT2D eigenvalue weighted by atomic mass is 9.72. The molecule has 1 saturated heterocycles. The number of hydrogen-bond donors (Lipinski definition) is 2. The van der Waals surface area contributed by atoms with E-state index in [2.05, 4.69) is 5.32 Å². The highest BCUT2D eigenvalue weighted by Gasteiger charge is 2.41. The van der Waals surface area contributed by atoms with Gasteiger partial charge in [-0.05, 0) is 49.8 Å². The monoisotopic (exact) mass is 438 g/mol. The van der Waals surface area contributed by atoms with Crippen LogP contribution in [0.3, 0.4) is 0 Å². The maximum Gasteiger partial charge on any atom is 0.416 e. The highest BCUT2D eigenvalue weighted by atomic mass is 19.4. The SMILES string of the molecule is O=C(Nc1cc(C(F)(F)F)cc(C(F)(F)F)c1)N1CCC(O)(C2CCCCC2)CC1. The molecule has 1 aliphatic carbocycles. The molecular formula is C20H24F6N2O2. The van der Waals surface area contributed by atoms with Gasteiger partial charge in [0.1, 0.15) is 0 Å². The topological polar surface area (TPSA) is 52.6 Å². The maximum atomic E-state index is 13.0. The molecule has 0 unspecified atom stereocenters. The number of aliphatic hydroxyl groups is 1. The summed E-state index contributed by atoms with van der Waals surface area (Å²) in [6.07, 6.45) is -4.21. The molecule has 168 valence electrons. The van der Waals surface area contributed by atoms with Gasteiger partial charge in [-0.1, -0.05) is 19.3 Å². The summed E-state index contributed by atoms with van der Waals surface area (Å²) in [4.78, 5) is 13.8. The Balaban J connectivity index is 1.69. The van der Waals surface area contributed by atoms with Gasteiger partial charge in [0.15, 0.2) is 0 Å². The van der Waals surface area contributed by atoms with Crippen molar-refractivity contribution in [2.45, 2.75) is 62.9 Å². The smallest absolute Gasteiger partial charge is 0.389 e. The van der Waals surface area contributed by atoms with Crippen molar-refractivity contribution in [2.24, 2.45) is 5.92 Å². The van der Waals surface area contributed by atoms with Gasteiger partial charge >= 0.3 is 18.4 Å². The number of likely N-dealkylation sites (tertiary alicyclic amines) is 1. The number of urea groups is 1. The summed E-state index contributed by atoms with van der Waals surface area (Å²) in [7, 11) is 0. The zero-order valence-electron chi connectivity index (χ0n) is 16.2. The quantitative estimate of drug-likeness (QED) is 0.585. The molecule has 30 heavy (non-hydrogen) atoms. The van der Waals surface area contributed by atoms with E-state index in [1.165, 1.54) is 4.90 Å². The Kier molecular flexibility index (Phi) is 6.27. The fraction of sp³-hybridized carbons (Fsp3) is 0.650. The first-order valence-corrected chi connectivity index (χ1v) is 9.96. The van der Waals surface area contributed by atoms with Crippen LogP contribution in [0.15, 0.2) is 18.2 Å². The normalized spacial score (nSPS) is 20.8. The zero-order valence-corrected chi connectivity index (χ0v) is 16.2. The van der Waals surface area contributed by atoms with E-state index in [9.17, 15) is 36.2 Å². The zero-order chi connectivity index (χ0) is 22.2. The molecule has 4 nitrogen and oxygen atoms in total. The van der Waals surface area contributed by atoms with Crippen LogP contribution in [0.25, 0.3) is 0 Å². The van der Waals surface area contributed by atoms with Gasteiger partial charge in [0.25, 0.3) is 0 Å². The summed E-state index contributed by atoms with van der Waals surface area (Å²) in [5.41, 5.74) is -4.43. The largest absolute Gasteiger partial charge is 0.416 e. The number of halogens is 6. The molecule has 2 amide bonds. The molecule has 0 radical (unpaired) electrons. The van der Waals surface area contributed by atoms with Gasteiger partial charge in [-0.2, -0.15) is 26.3 Å². The molecule has 0 atom stereocenters. The molecule has 0 bridgehead atoms. The van der Waals surface area contributed by atoms with Crippen LogP contribution in [0, 0.1) is 5.92 Å². The van der Waals surface area contributed by atoms with E-state index in [0.29, 0.717) is 25.0 Å². The second-order valence-corrected chi connectivity index (χ2v) is 8.15. The van der Waals surface area contributed by atoms with Gasteiger partial charge in [0.05, 0.1) is 16.7 Å². The van der Waals surface area contributed by atoms with E-state index in [0.717, 1.165) is 32.1 Å². The predicted molar refractivity (Wildman–Crippen MR) is 97.8 cm³/mol. The van der Waals surface area contributed by atoms with Gasteiger partial charge in [0, 0.05) is 18.8 Å². The summed E-state index contributed by atoms with van der Waals surface area (Å²) in [6, 6.07) is 0.194. The maximum absolute atomic E-state index is 13.0. The van der Waals surface area contributed by atoms with Crippen molar-refractivity contribution in [3.05, 3.63) is 29.3 Å². The average Bonchev–Trinajstić information content (AvgIpc) is 2.67. The highest BCUT2D eigenvalue weighted by molar-refractivity contribution is 5.89. The van der Waals surface area contributed by atoms with Crippen LogP contribution < -0.4 is 5.32 Å². The van der Waals surface area contributed by atoms with E-state index >= 15 is 0 Å². The second kappa shape index (κ2) is 8.28. The van der Waals surface area contributed by atoms with Crippen molar-refractivity contribution >= 4 is 11.7 Å². The van der Waals surface area contributed by atoms with E-state index in [1.807, 2.05) is 0 Å². The third-order valence-electron chi connectivity index (χ3n) is 6.12.